The van der Waals surface area contributed by atoms with Crippen LogP contribution in [0.5, 0.6) is 0 Å². The van der Waals surface area contributed by atoms with Crippen LogP contribution in [-0.4, -0.2) is 37.6 Å². The highest BCUT2D eigenvalue weighted by Crippen LogP contribution is 2.16. The maximum atomic E-state index is 2.50. The Labute approximate surface area is 92.5 Å². The highest BCUT2D eigenvalue weighted by molar-refractivity contribution is 5.47. The first-order chi connectivity index (χ1) is 7.29. The average Bonchev–Trinajstić information content (AvgIpc) is 2.30. The largest absolute Gasteiger partial charge is 0.369 e. The summed E-state index contributed by atoms with van der Waals surface area (Å²) in [6.07, 6.45) is 0. The van der Waals surface area contributed by atoms with Gasteiger partial charge in [-0.15, -0.1) is 0 Å². The van der Waals surface area contributed by atoms with Gasteiger partial charge in [0.25, 0.3) is 0 Å². The molecule has 0 spiro atoms. The van der Waals surface area contributed by atoms with Crippen molar-refractivity contribution in [3.63, 3.8) is 0 Å². The summed E-state index contributed by atoms with van der Waals surface area (Å²) in [6, 6.07) is 8.86. The van der Waals surface area contributed by atoms with Gasteiger partial charge in [-0.2, -0.15) is 0 Å². The second-order valence-electron chi connectivity index (χ2n) is 4.26. The Bertz CT molecular complexity index is 297. The number of hydrogen-bond acceptors (Lipinski definition) is 2. The van der Waals surface area contributed by atoms with E-state index in [1.165, 1.54) is 30.9 Å². The minimum Gasteiger partial charge on any atom is -0.369 e. The summed E-state index contributed by atoms with van der Waals surface area (Å²) in [4.78, 5) is 4.98. The van der Waals surface area contributed by atoms with Crippen molar-refractivity contribution in [2.75, 3.05) is 37.6 Å². The second kappa shape index (κ2) is 4.67. The van der Waals surface area contributed by atoms with Crippen LogP contribution in [0.4, 0.5) is 5.69 Å². The van der Waals surface area contributed by atoms with Crippen molar-refractivity contribution < 1.29 is 0 Å². The highest BCUT2D eigenvalue weighted by atomic mass is 15.3. The van der Waals surface area contributed by atoms with Gasteiger partial charge in [-0.1, -0.05) is 24.6 Å². The zero-order valence-corrected chi connectivity index (χ0v) is 9.74. The van der Waals surface area contributed by atoms with Gasteiger partial charge in [-0.25, -0.2) is 0 Å². The minimum absolute atomic E-state index is 1.16. The van der Waals surface area contributed by atoms with E-state index in [1.54, 1.807) is 0 Å². The van der Waals surface area contributed by atoms with Gasteiger partial charge in [-0.3, -0.25) is 0 Å². The SMILES string of the molecule is CCN1CCN(c2ccc(C)cc2)CC1. The summed E-state index contributed by atoms with van der Waals surface area (Å²) in [7, 11) is 0. The number of anilines is 1. The van der Waals surface area contributed by atoms with Gasteiger partial charge < -0.3 is 9.80 Å². The summed E-state index contributed by atoms with van der Waals surface area (Å²) in [5.74, 6) is 0. The number of aryl methyl sites for hydroxylation is 1. The molecule has 1 saturated heterocycles. The summed E-state index contributed by atoms with van der Waals surface area (Å²) in [5.41, 5.74) is 2.71. The monoisotopic (exact) mass is 204 g/mol. The number of rotatable bonds is 2. The normalized spacial score (nSPS) is 18.1. The molecule has 1 fully saturated rings. The van der Waals surface area contributed by atoms with E-state index in [1.807, 2.05) is 0 Å². The van der Waals surface area contributed by atoms with E-state index in [4.69, 9.17) is 0 Å². The fraction of sp³-hybridized carbons (Fsp3) is 0.538. The van der Waals surface area contributed by atoms with Crippen LogP contribution < -0.4 is 4.90 Å². The molecule has 0 N–H and O–H groups in total. The molecule has 0 saturated carbocycles. The molecule has 1 aliphatic heterocycles. The maximum absolute atomic E-state index is 2.50. The maximum Gasteiger partial charge on any atom is 0.0367 e. The molecule has 1 aliphatic rings. The first kappa shape index (κ1) is 10.5. The van der Waals surface area contributed by atoms with Crippen molar-refractivity contribution in [2.45, 2.75) is 13.8 Å². The molecule has 1 heterocycles. The zero-order valence-electron chi connectivity index (χ0n) is 9.74. The molecule has 0 atom stereocenters. The predicted octanol–water partition coefficient (Wildman–Crippen LogP) is 2.14. The quantitative estimate of drug-likeness (QED) is 0.728. The van der Waals surface area contributed by atoms with Crippen LogP contribution in [0.2, 0.25) is 0 Å². The van der Waals surface area contributed by atoms with E-state index in [0.29, 0.717) is 0 Å². The number of benzene rings is 1. The van der Waals surface area contributed by atoms with E-state index in [-0.39, 0.29) is 0 Å². The second-order valence-corrected chi connectivity index (χ2v) is 4.26. The molecular formula is C13H20N2. The van der Waals surface area contributed by atoms with Crippen molar-refractivity contribution in [1.82, 2.24) is 4.90 Å². The number of hydrogen-bond donors (Lipinski definition) is 0. The fourth-order valence-electron chi connectivity index (χ4n) is 2.08. The smallest absolute Gasteiger partial charge is 0.0367 e. The third kappa shape index (κ3) is 2.51. The van der Waals surface area contributed by atoms with Crippen LogP contribution >= 0.6 is 0 Å². The average molecular weight is 204 g/mol. The van der Waals surface area contributed by atoms with Crippen molar-refractivity contribution in [3.05, 3.63) is 29.8 Å². The summed E-state index contributed by atoms with van der Waals surface area (Å²) in [5, 5.41) is 0. The molecule has 15 heavy (non-hydrogen) atoms. The lowest BCUT2D eigenvalue weighted by molar-refractivity contribution is 0.271. The Morgan fingerprint density at radius 2 is 1.60 bits per heavy atom. The molecule has 1 aromatic carbocycles. The molecular weight excluding hydrogens is 184 g/mol. The standard InChI is InChI=1S/C13H20N2/c1-3-14-8-10-15(11-9-14)13-6-4-12(2)5-7-13/h4-7H,3,8-11H2,1-2H3. The van der Waals surface area contributed by atoms with Crippen molar-refractivity contribution >= 4 is 5.69 Å². The van der Waals surface area contributed by atoms with Crippen LogP contribution in [0.15, 0.2) is 24.3 Å². The fourth-order valence-corrected chi connectivity index (χ4v) is 2.08. The van der Waals surface area contributed by atoms with Gasteiger partial charge in [0.15, 0.2) is 0 Å². The minimum atomic E-state index is 1.16. The molecule has 1 aromatic rings. The predicted molar refractivity (Wildman–Crippen MR) is 65.5 cm³/mol. The van der Waals surface area contributed by atoms with E-state index in [0.717, 1.165) is 13.1 Å². The first-order valence-corrected chi connectivity index (χ1v) is 5.83. The van der Waals surface area contributed by atoms with Gasteiger partial charge in [0.05, 0.1) is 0 Å². The Kier molecular flexibility index (Phi) is 3.27. The Balaban J connectivity index is 1.98. The van der Waals surface area contributed by atoms with Crippen LogP contribution in [0.25, 0.3) is 0 Å². The van der Waals surface area contributed by atoms with Crippen LogP contribution in [0, 0.1) is 6.92 Å². The third-order valence-electron chi connectivity index (χ3n) is 3.22. The summed E-state index contributed by atoms with van der Waals surface area (Å²) < 4.78 is 0. The van der Waals surface area contributed by atoms with Crippen molar-refractivity contribution in [1.29, 1.82) is 0 Å². The lowest BCUT2D eigenvalue weighted by atomic mass is 10.2. The Morgan fingerprint density at radius 3 is 2.13 bits per heavy atom. The van der Waals surface area contributed by atoms with E-state index >= 15 is 0 Å². The topological polar surface area (TPSA) is 6.48 Å². The molecule has 0 radical (unpaired) electrons. The number of nitrogens with zero attached hydrogens (tertiary/aromatic N) is 2. The molecule has 2 rings (SSSR count). The van der Waals surface area contributed by atoms with Crippen LogP contribution in [0.1, 0.15) is 12.5 Å². The van der Waals surface area contributed by atoms with Crippen LogP contribution in [-0.2, 0) is 0 Å². The van der Waals surface area contributed by atoms with Gasteiger partial charge in [-0.05, 0) is 25.6 Å². The Morgan fingerprint density at radius 1 is 1.00 bits per heavy atom. The van der Waals surface area contributed by atoms with Gasteiger partial charge in [0.2, 0.25) is 0 Å². The number of piperazine rings is 1. The van der Waals surface area contributed by atoms with Crippen molar-refractivity contribution in [2.24, 2.45) is 0 Å². The van der Waals surface area contributed by atoms with E-state index in [2.05, 4.69) is 47.9 Å². The molecule has 0 unspecified atom stereocenters. The molecule has 2 nitrogen and oxygen atoms in total. The molecule has 2 heteroatoms. The van der Waals surface area contributed by atoms with Gasteiger partial charge in [0, 0.05) is 31.9 Å². The molecule has 0 aromatic heterocycles. The molecule has 0 bridgehead atoms. The first-order valence-electron chi connectivity index (χ1n) is 5.83. The Hall–Kier alpha value is -1.02. The summed E-state index contributed by atoms with van der Waals surface area (Å²) in [6.45, 7) is 10.3. The molecule has 0 amide bonds. The number of likely N-dealkylation sites (N-methyl/N-ethyl adjacent to an activating group) is 1. The summed E-state index contributed by atoms with van der Waals surface area (Å²) >= 11 is 0. The third-order valence-corrected chi connectivity index (χ3v) is 3.22. The highest BCUT2D eigenvalue weighted by Gasteiger charge is 2.15. The van der Waals surface area contributed by atoms with E-state index < -0.39 is 0 Å². The molecule has 0 aliphatic carbocycles. The van der Waals surface area contributed by atoms with Gasteiger partial charge in [0.1, 0.15) is 0 Å². The zero-order chi connectivity index (χ0) is 10.7. The molecule has 82 valence electrons. The van der Waals surface area contributed by atoms with Gasteiger partial charge >= 0.3 is 0 Å². The lowest BCUT2D eigenvalue weighted by Crippen LogP contribution is -2.46. The lowest BCUT2D eigenvalue weighted by Gasteiger charge is -2.35. The van der Waals surface area contributed by atoms with Crippen molar-refractivity contribution in [3.8, 4) is 0 Å². The van der Waals surface area contributed by atoms with E-state index in [9.17, 15) is 0 Å². The van der Waals surface area contributed by atoms with Crippen LogP contribution in [0.3, 0.4) is 0 Å².